The van der Waals surface area contributed by atoms with Crippen LogP contribution in [-0.2, 0) is 11.4 Å². The van der Waals surface area contributed by atoms with E-state index in [4.69, 9.17) is 4.84 Å². The van der Waals surface area contributed by atoms with Gasteiger partial charge in [-0.05, 0) is 24.1 Å². The number of rotatable bonds is 4. The van der Waals surface area contributed by atoms with Crippen molar-refractivity contribution in [3.05, 3.63) is 59.4 Å². The molecule has 8 heteroatoms. The van der Waals surface area contributed by atoms with Gasteiger partial charge in [-0.3, -0.25) is 9.59 Å². The number of carbonyl (C=O) groups excluding carboxylic acids is 3. The van der Waals surface area contributed by atoms with Crippen LogP contribution in [0, 0.1) is 5.92 Å². The molecule has 136 valence electrons. The van der Waals surface area contributed by atoms with Gasteiger partial charge in [0.1, 0.15) is 0 Å². The first-order valence-electron chi connectivity index (χ1n) is 8.47. The van der Waals surface area contributed by atoms with E-state index < -0.39 is 17.8 Å². The third kappa shape index (κ3) is 2.84. The second-order valence-corrected chi connectivity index (χ2v) is 6.69. The largest absolute Gasteiger partial charge is 0.365 e. The van der Waals surface area contributed by atoms with Crippen molar-refractivity contribution in [3.8, 4) is 0 Å². The van der Waals surface area contributed by atoms with Crippen molar-refractivity contribution in [2.24, 2.45) is 5.92 Å². The number of imide groups is 1. The Morgan fingerprint density at radius 3 is 2.41 bits per heavy atom. The summed E-state index contributed by atoms with van der Waals surface area (Å²) in [7, 11) is 0. The van der Waals surface area contributed by atoms with Crippen LogP contribution in [0.5, 0.6) is 0 Å². The Morgan fingerprint density at radius 2 is 1.78 bits per heavy atom. The second-order valence-electron chi connectivity index (χ2n) is 6.69. The quantitative estimate of drug-likeness (QED) is 0.660. The Morgan fingerprint density at radius 1 is 1.11 bits per heavy atom. The van der Waals surface area contributed by atoms with E-state index in [0.717, 1.165) is 0 Å². The summed E-state index contributed by atoms with van der Waals surface area (Å²) in [6.45, 7) is 4.85. The van der Waals surface area contributed by atoms with Crippen molar-refractivity contribution in [1.82, 2.24) is 19.8 Å². The lowest BCUT2D eigenvalue weighted by Gasteiger charge is -2.12. The fourth-order valence-electron chi connectivity index (χ4n) is 2.95. The number of fused-ring (bicyclic) bond motifs is 2. The smallest absolute Gasteiger partial charge is 0.324 e. The van der Waals surface area contributed by atoms with Gasteiger partial charge in [0.2, 0.25) is 0 Å². The second kappa shape index (κ2) is 6.31. The van der Waals surface area contributed by atoms with Crippen molar-refractivity contribution in [3.63, 3.8) is 0 Å². The van der Waals surface area contributed by atoms with Gasteiger partial charge in [0, 0.05) is 18.1 Å². The lowest BCUT2D eigenvalue weighted by atomic mass is 10.1. The Labute approximate surface area is 154 Å². The summed E-state index contributed by atoms with van der Waals surface area (Å²) in [5.41, 5.74) is 1.20. The molecule has 0 fully saturated rings. The van der Waals surface area contributed by atoms with Gasteiger partial charge in [0.25, 0.3) is 11.8 Å². The number of pyridine rings is 1. The molecular weight excluding hydrogens is 348 g/mol. The molecule has 4 rings (SSSR count). The average molecular weight is 364 g/mol. The van der Waals surface area contributed by atoms with Crippen LogP contribution < -0.4 is 0 Å². The normalized spacial score (nSPS) is 13.5. The van der Waals surface area contributed by atoms with E-state index in [0.29, 0.717) is 28.6 Å². The topological polar surface area (TPSA) is 94.4 Å². The van der Waals surface area contributed by atoms with Crippen molar-refractivity contribution < 1.29 is 19.2 Å². The highest BCUT2D eigenvalue weighted by atomic mass is 16.7. The number of nitrogens with zero attached hydrogens (tertiary/aromatic N) is 4. The van der Waals surface area contributed by atoms with Gasteiger partial charge in [0.05, 0.1) is 22.9 Å². The van der Waals surface area contributed by atoms with Crippen LogP contribution in [0.25, 0.3) is 11.0 Å². The van der Waals surface area contributed by atoms with E-state index in [2.05, 4.69) is 23.9 Å². The molecule has 0 unspecified atom stereocenters. The van der Waals surface area contributed by atoms with Gasteiger partial charge in [-0.15, -0.1) is 0 Å². The van der Waals surface area contributed by atoms with E-state index >= 15 is 0 Å². The fraction of sp³-hybridized carbons (Fsp3) is 0.211. The summed E-state index contributed by atoms with van der Waals surface area (Å²) in [4.78, 5) is 46.3. The van der Waals surface area contributed by atoms with Gasteiger partial charge in [0.15, 0.2) is 5.65 Å². The van der Waals surface area contributed by atoms with E-state index in [1.54, 1.807) is 29.1 Å². The molecule has 2 aromatic heterocycles. The first-order valence-corrected chi connectivity index (χ1v) is 8.47. The Kier molecular flexibility index (Phi) is 3.95. The molecular formula is C19H16N4O4. The minimum Gasteiger partial charge on any atom is -0.324 e. The number of carbonyl (C=O) groups is 3. The third-order valence-electron chi connectivity index (χ3n) is 4.18. The van der Waals surface area contributed by atoms with Gasteiger partial charge in [-0.25, -0.2) is 14.5 Å². The monoisotopic (exact) mass is 364 g/mol. The van der Waals surface area contributed by atoms with Crippen LogP contribution in [0.1, 0.15) is 44.9 Å². The van der Waals surface area contributed by atoms with Crippen molar-refractivity contribution in [1.29, 1.82) is 0 Å². The standard InChI is InChI=1S/C19H16N4O4/c1-11(2)10-22-16-12(9-21-22)7-13(8-20-16)19(26)27-23-17(24)14-5-3-4-6-15(14)18(23)25/h3-9,11H,10H2,1-2H3. The summed E-state index contributed by atoms with van der Waals surface area (Å²) in [6, 6.07) is 7.89. The van der Waals surface area contributed by atoms with Crippen LogP contribution in [0.2, 0.25) is 0 Å². The summed E-state index contributed by atoms with van der Waals surface area (Å²) < 4.78 is 1.76. The molecule has 0 saturated heterocycles. The molecule has 27 heavy (non-hydrogen) atoms. The highest BCUT2D eigenvalue weighted by Crippen LogP contribution is 2.23. The van der Waals surface area contributed by atoms with Crippen LogP contribution in [0.15, 0.2) is 42.7 Å². The first-order chi connectivity index (χ1) is 13.0. The zero-order valence-electron chi connectivity index (χ0n) is 14.7. The predicted octanol–water partition coefficient (Wildman–Crippen LogP) is 2.46. The molecule has 0 bridgehead atoms. The van der Waals surface area contributed by atoms with Gasteiger partial charge >= 0.3 is 5.97 Å². The number of hydrogen-bond donors (Lipinski definition) is 0. The van der Waals surface area contributed by atoms with Crippen molar-refractivity contribution in [2.75, 3.05) is 0 Å². The first kappa shape index (κ1) is 16.9. The summed E-state index contributed by atoms with van der Waals surface area (Å²) in [6.07, 6.45) is 2.96. The van der Waals surface area contributed by atoms with E-state index in [1.807, 2.05) is 0 Å². The Hall–Kier alpha value is -3.55. The lowest BCUT2D eigenvalue weighted by Crippen LogP contribution is -2.32. The third-order valence-corrected chi connectivity index (χ3v) is 4.18. The van der Waals surface area contributed by atoms with Crippen molar-refractivity contribution >= 4 is 28.8 Å². The van der Waals surface area contributed by atoms with Crippen molar-refractivity contribution in [2.45, 2.75) is 20.4 Å². The van der Waals surface area contributed by atoms with Crippen LogP contribution in [-0.4, -0.2) is 37.6 Å². The number of hydroxylamine groups is 2. The molecule has 0 aliphatic carbocycles. The average Bonchev–Trinajstić information content (AvgIpc) is 3.15. The van der Waals surface area contributed by atoms with E-state index in [1.165, 1.54) is 18.3 Å². The van der Waals surface area contributed by atoms with Crippen LogP contribution >= 0.6 is 0 Å². The highest BCUT2D eigenvalue weighted by molar-refractivity contribution is 6.21. The molecule has 0 N–H and O–H groups in total. The SMILES string of the molecule is CC(C)Cn1ncc2cc(C(=O)ON3C(=O)c4ccccc4C3=O)cnc21. The molecule has 0 radical (unpaired) electrons. The zero-order chi connectivity index (χ0) is 19.1. The Balaban J connectivity index is 1.57. The highest BCUT2D eigenvalue weighted by Gasteiger charge is 2.38. The predicted molar refractivity (Wildman–Crippen MR) is 94.7 cm³/mol. The molecule has 0 atom stereocenters. The molecule has 1 aromatic carbocycles. The minimum atomic E-state index is -0.837. The minimum absolute atomic E-state index is 0.128. The van der Waals surface area contributed by atoms with Gasteiger partial charge < -0.3 is 4.84 Å². The number of benzene rings is 1. The molecule has 8 nitrogen and oxygen atoms in total. The maximum absolute atomic E-state index is 12.4. The summed E-state index contributed by atoms with van der Waals surface area (Å²) in [5, 5.41) is 5.43. The van der Waals surface area contributed by atoms with Crippen LogP contribution in [0.4, 0.5) is 0 Å². The molecule has 1 aliphatic heterocycles. The molecule has 0 saturated carbocycles. The number of amides is 2. The summed E-state index contributed by atoms with van der Waals surface area (Å²) >= 11 is 0. The molecule has 2 amide bonds. The van der Waals surface area contributed by atoms with Crippen LogP contribution in [0.3, 0.4) is 0 Å². The molecule has 0 spiro atoms. The number of aromatic nitrogens is 3. The van der Waals surface area contributed by atoms with E-state index in [9.17, 15) is 14.4 Å². The zero-order valence-corrected chi connectivity index (χ0v) is 14.7. The lowest BCUT2D eigenvalue weighted by molar-refractivity contribution is -0.0584. The Bertz CT molecular complexity index is 1050. The molecule has 3 aromatic rings. The van der Waals surface area contributed by atoms with E-state index in [-0.39, 0.29) is 16.7 Å². The maximum Gasteiger partial charge on any atom is 0.365 e. The summed E-state index contributed by atoms with van der Waals surface area (Å²) in [5.74, 6) is -1.77. The fourth-order valence-corrected chi connectivity index (χ4v) is 2.95. The molecule has 1 aliphatic rings. The van der Waals surface area contributed by atoms with Gasteiger partial charge in [-0.2, -0.15) is 5.10 Å². The maximum atomic E-state index is 12.4. The molecule has 3 heterocycles. The van der Waals surface area contributed by atoms with Gasteiger partial charge in [-0.1, -0.05) is 31.0 Å². The number of hydrogen-bond acceptors (Lipinski definition) is 6.